The van der Waals surface area contributed by atoms with Gasteiger partial charge in [0.05, 0.1) is 17.8 Å². The van der Waals surface area contributed by atoms with E-state index in [0.717, 1.165) is 0 Å². The molecule has 254 valence electrons. The minimum Gasteiger partial charge on any atom is -0.330 e. The second-order valence-electron chi connectivity index (χ2n) is 7.79. The van der Waals surface area contributed by atoms with Gasteiger partial charge in [0.15, 0.2) is 17.8 Å². The molecule has 0 atom stereocenters. The molecule has 0 aliphatic rings. The molecule has 25 heteroatoms. The molecule has 0 bridgehead atoms. The van der Waals surface area contributed by atoms with Crippen LogP contribution >= 0.6 is 0 Å². The van der Waals surface area contributed by atoms with Gasteiger partial charge in [-0.25, -0.2) is 48.5 Å². The predicted octanol–water partition coefficient (Wildman–Crippen LogP) is 0.134. The fourth-order valence-electron chi connectivity index (χ4n) is 2.54. The molecule has 0 aromatic carbocycles. The van der Waals surface area contributed by atoms with Crippen LogP contribution in [0.4, 0.5) is 35.7 Å². The third-order valence-corrected chi connectivity index (χ3v) is 4.35. The summed E-state index contributed by atoms with van der Waals surface area (Å²) in [5.74, 6) is 2.15. The number of aliphatic imine (C=N–C) groups is 3. The van der Waals surface area contributed by atoms with Gasteiger partial charge in [0.25, 0.3) is 0 Å². The Balaban J connectivity index is 0.000000359. The van der Waals surface area contributed by atoms with E-state index in [1.165, 1.54) is 19.0 Å². The third kappa shape index (κ3) is 22.8. The van der Waals surface area contributed by atoms with Crippen LogP contribution < -0.4 is 18.6 Å². The van der Waals surface area contributed by atoms with Crippen molar-refractivity contribution in [2.24, 2.45) is 15.0 Å². The van der Waals surface area contributed by atoms with Gasteiger partial charge in [0.1, 0.15) is 0 Å². The van der Waals surface area contributed by atoms with Crippen LogP contribution in [0.2, 0.25) is 0 Å². The predicted molar refractivity (Wildman–Crippen MR) is 166 cm³/mol. The summed E-state index contributed by atoms with van der Waals surface area (Å²) in [7, 11) is -4.94. The largest absolute Gasteiger partial charge is 2.00 e. The zero-order valence-electron chi connectivity index (χ0n) is 26.6. The van der Waals surface area contributed by atoms with E-state index >= 15 is 0 Å². The molecule has 0 N–H and O–H groups in total. The summed E-state index contributed by atoms with van der Waals surface area (Å²) in [4.78, 5) is 58.5. The van der Waals surface area contributed by atoms with Crippen molar-refractivity contribution in [1.29, 1.82) is 0 Å². The smallest absolute Gasteiger partial charge is 0.330 e. The molecule has 0 radical (unpaired) electrons. The number of halogens is 1. The van der Waals surface area contributed by atoms with Crippen LogP contribution in [0.3, 0.4) is 0 Å². The minimum atomic E-state index is -4.94. The summed E-state index contributed by atoms with van der Waals surface area (Å²) in [6.07, 6.45) is 23.3. The van der Waals surface area contributed by atoms with Gasteiger partial charge in [-0.05, 0) is 73.6 Å². The molecule has 0 saturated carbocycles. The number of hydrogen-bond donors (Lipinski definition) is 0. The maximum Gasteiger partial charge on any atom is 2.00 e. The van der Waals surface area contributed by atoms with Gasteiger partial charge in [-0.1, -0.05) is 0 Å². The maximum atomic E-state index is 8.49. The van der Waals surface area contributed by atoms with Gasteiger partial charge >= 0.3 is 39.0 Å². The summed E-state index contributed by atoms with van der Waals surface area (Å²) in [6, 6.07) is 10.3. The Labute approximate surface area is 322 Å². The first-order valence-electron chi connectivity index (χ1n) is 13.3. The van der Waals surface area contributed by atoms with Gasteiger partial charge in [-0.15, -0.1) is 10.2 Å². The normalized spacial score (nSPS) is 10.2. The molecule has 0 spiro atoms. The first-order valence-corrected chi connectivity index (χ1v) is 14.5. The van der Waals surface area contributed by atoms with Crippen molar-refractivity contribution in [1.82, 2.24) is 59.8 Å². The van der Waals surface area contributed by atoms with E-state index in [9.17, 15) is 0 Å². The van der Waals surface area contributed by atoms with E-state index in [-0.39, 0.29) is 39.0 Å². The van der Waals surface area contributed by atoms with Crippen molar-refractivity contribution in [3.63, 3.8) is 0 Å². The van der Waals surface area contributed by atoms with Crippen LogP contribution in [0, 0.1) is 10.2 Å². The van der Waals surface area contributed by atoms with E-state index in [0.29, 0.717) is 35.7 Å². The Morgan fingerprint density at radius 3 is 0.731 bits per heavy atom. The van der Waals surface area contributed by atoms with E-state index in [1.54, 1.807) is 111 Å². The van der Waals surface area contributed by atoms with Crippen LogP contribution in [0.15, 0.2) is 126 Å². The second kappa shape index (κ2) is 27.0. The number of hydrogen-bond acceptors (Lipinski definition) is 19. The van der Waals surface area contributed by atoms with Crippen LogP contribution in [0.5, 0.6) is 0 Å². The summed E-state index contributed by atoms with van der Waals surface area (Å²) >= 11 is 0. The average molecular weight is 828 g/mol. The quantitative estimate of drug-likeness (QED) is 0.106. The SMILES string of the molecule is C(=N\c1ncccn1)/[N-]c1ncccn1.C(=N\c1ncccn1)/[N-]c1ncccn1.C(=N\c1ncccn1)/[N-]c1ncccn1.[O-][Cl+3]([O-])([O-])[O-].[Zn+2].[Zn+2]. The fourth-order valence-corrected chi connectivity index (χ4v) is 2.54. The number of aromatic nitrogens is 12. The zero-order valence-corrected chi connectivity index (χ0v) is 33.3. The van der Waals surface area contributed by atoms with Crippen molar-refractivity contribution in [2.75, 3.05) is 0 Å². The van der Waals surface area contributed by atoms with Crippen LogP contribution in [0.25, 0.3) is 16.0 Å². The van der Waals surface area contributed by atoms with Crippen LogP contribution in [-0.4, -0.2) is 78.8 Å². The molecule has 0 aliphatic heterocycles. The van der Waals surface area contributed by atoms with E-state index in [4.69, 9.17) is 18.6 Å². The third-order valence-electron chi connectivity index (χ3n) is 4.35. The molecule has 0 aliphatic carbocycles. The Kier molecular flexibility index (Phi) is 23.0. The van der Waals surface area contributed by atoms with E-state index in [1.807, 2.05) is 0 Å². The van der Waals surface area contributed by atoms with Crippen molar-refractivity contribution >= 4 is 54.7 Å². The molecule has 22 nitrogen and oxygen atoms in total. The van der Waals surface area contributed by atoms with Gasteiger partial charge in [0.2, 0.25) is 0 Å². The topological polar surface area (TPSA) is 326 Å². The first kappa shape index (κ1) is 44.3. The number of nitrogens with zero attached hydrogens (tertiary/aromatic N) is 18. The van der Waals surface area contributed by atoms with Crippen LogP contribution in [-0.2, 0) is 39.0 Å². The Morgan fingerprint density at radius 2 is 0.538 bits per heavy atom. The van der Waals surface area contributed by atoms with E-state index < -0.39 is 10.2 Å². The Morgan fingerprint density at radius 1 is 0.365 bits per heavy atom. The van der Waals surface area contributed by atoms with Crippen molar-refractivity contribution in [3.05, 3.63) is 127 Å². The molecular weight excluding hydrogens is 807 g/mol. The molecule has 6 rings (SSSR count). The second-order valence-corrected chi connectivity index (χ2v) is 8.55. The standard InChI is InChI=1S/3C9H7N6.ClHO4.2Zn/c3*1-3-10-8(11-4-1)14-7-15-9-12-5-2-6-13-9;2-1(3,4)5;;/h3*1-7H;(H,2,3,4,5);;/q3*-1;;2*+2/p-1. The minimum absolute atomic E-state index is 0. The molecule has 0 saturated heterocycles. The average Bonchev–Trinajstić information content (AvgIpc) is 3.14. The van der Waals surface area contributed by atoms with Crippen molar-refractivity contribution in [3.8, 4) is 0 Å². The molecule has 0 unspecified atom stereocenters. The number of rotatable bonds is 9. The first-order chi connectivity index (χ1) is 24.3. The molecular formula is C27H21ClN18O4Zn2. The van der Waals surface area contributed by atoms with Crippen LogP contribution in [0.1, 0.15) is 0 Å². The molecule has 0 fully saturated rings. The summed E-state index contributed by atoms with van der Waals surface area (Å²) < 4.78 is 34.0. The molecule has 6 aromatic heterocycles. The summed E-state index contributed by atoms with van der Waals surface area (Å²) in [5, 5.41) is 11.7. The summed E-state index contributed by atoms with van der Waals surface area (Å²) in [6.45, 7) is 0. The molecule has 6 aromatic rings. The van der Waals surface area contributed by atoms with Gasteiger partial charge in [0, 0.05) is 56.2 Å². The summed E-state index contributed by atoms with van der Waals surface area (Å²) in [5.41, 5.74) is 0. The van der Waals surface area contributed by atoms with Crippen molar-refractivity contribution < 1.29 is 67.8 Å². The maximum absolute atomic E-state index is 8.49. The Bertz CT molecular complexity index is 1610. The Hall–Kier alpha value is -5.73. The fraction of sp³-hybridized carbons (Fsp3) is 0. The molecule has 0 amide bonds. The molecule has 52 heavy (non-hydrogen) atoms. The van der Waals surface area contributed by atoms with Crippen molar-refractivity contribution in [2.45, 2.75) is 0 Å². The van der Waals surface area contributed by atoms with E-state index in [2.05, 4.69) is 90.7 Å². The van der Waals surface area contributed by atoms with Gasteiger partial charge < -0.3 is 60.8 Å². The monoisotopic (exact) mass is 824 g/mol. The van der Waals surface area contributed by atoms with Gasteiger partial charge in [-0.2, -0.15) is 0 Å². The molecule has 6 heterocycles. The van der Waals surface area contributed by atoms with Gasteiger partial charge in [-0.3, -0.25) is 0 Å². The zero-order chi connectivity index (χ0) is 35.5.